The second kappa shape index (κ2) is 8.20. The molecule has 0 fully saturated rings. The summed E-state index contributed by atoms with van der Waals surface area (Å²) in [5.74, 6) is 0.313. The van der Waals surface area contributed by atoms with Crippen molar-refractivity contribution in [3.05, 3.63) is 81.5 Å². The van der Waals surface area contributed by atoms with Crippen molar-refractivity contribution in [2.24, 2.45) is 7.05 Å². The number of nitrogens with zero attached hydrogens (tertiary/aromatic N) is 3. The summed E-state index contributed by atoms with van der Waals surface area (Å²) >= 11 is 6.03. The molecule has 4 rings (SSSR count). The van der Waals surface area contributed by atoms with Crippen molar-refractivity contribution in [2.75, 3.05) is 17.7 Å². The Morgan fingerprint density at radius 2 is 1.90 bits per heavy atom. The molecule has 0 bridgehead atoms. The monoisotopic (exact) mass is 433 g/mol. The molecule has 0 aliphatic carbocycles. The molecule has 3 heterocycles. The molecule has 0 spiro atoms. The molecule has 3 aromatic heterocycles. The zero-order valence-corrected chi connectivity index (χ0v) is 18.0. The van der Waals surface area contributed by atoms with Crippen molar-refractivity contribution in [2.45, 2.75) is 6.92 Å². The van der Waals surface area contributed by atoms with Gasteiger partial charge in [-0.15, -0.1) is 0 Å². The van der Waals surface area contributed by atoms with E-state index in [2.05, 4.69) is 20.6 Å². The molecule has 2 N–H and O–H groups in total. The van der Waals surface area contributed by atoms with Crippen molar-refractivity contribution in [1.82, 2.24) is 14.5 Å². The van der Waals surface area contributed by atoms with Gasteiger partial charge in [-0.1, -0.05) is 17.7 Å². The van der Waals surface area contributed by atoms with Crippen molar-refractivity contribution in [1.29, 1.82) is 0 Å². The molecule has 31 heavy (non-hydrogen) atoms. The molecule has 7 nitrogen and oxygen atoms in total. The molecule has 0 saturated carbocycles. The quantitative estimate of drug-likeness (QED) is 0.469. The maximum absolute atomic E-state index is 13.1. The summed E-state index contributed by atoms with van der Waals surface area (Å²) in [7, 11) is 3.52. The zero-order chi connectivity index (χ0) is 22.1. The minimum atomic E-state index is -0.372. The molecule has 1 aromatic carbocycles. The third-order valence-electron chi connectivity index (χ3n) is 5.15. The number of aromatic nitrogens is 3. The number of hydrogen-bond acceptors (Lipinski definition) is 5. The van der Waals surface area contributed by atoms with Gasteiger partial charge in [0.1, 0.15) is 11.0 Å². The predicted octanol–water partition coefficient (Wildman–Crippen LogP) is 4.25. The first-order chi connectivity index (χ1) is 14.9. The fourth-order valence-corrected chi connectivity index (χ4v) is 3.64. The minimum Gasteiger partial charge on any atom is -0.373 e. The summed E-state index contributed by atoms with van der Waals surface area (Å²) < 4.78 is 1.60. The van der Waals surface area contributed by atoms with Gasteiger partial charge in [-0.2, -0.15) is 0 Å². The number of carbonyl (C=O) groups excluding carboxylic acids is 1. The highest BCUT2D eigenvalue weighted by Crippen LogP contribution is 2.27. The van der Waals surface area contributed by atoms with Gasteiger partial charge >= 0.3 is 0 Å². The Bertz CT molecular complexity index is 1380. The zero-order valence-electron chi connectivity index (χ0n) is 17.2. The van der Waals surface area contributed by atoms with E-state index >= 15 is 0 Å². The van der Waals surface area contributed by atoms with E-state index in [1.807, 2.05) is 25.1 Å². The van der Waals surface area contributed by atoms with E-state index in [1.165, 1.54) is 6.20 Å². The number of nitrogens with one attached hydrogen (secondary N) is 2. The second-order valence-corrected chi connectivity index (χ2v) is 7.48. The van der Waals surface area contributed by atoms with Gasteiger partial charge in [0.15, 0.2) is 0 Å². The Hall–Kier alpha value is -3.71. The van der Waals surface area contributed by atoms with E-state index in [1.54, 1.807) is 49.1 Å². The van der Waals surface area contributed by atoms with Gasteiger partial charge in [0, 0.05) is 49.2 Å². The summed E-state index contributed by atoms with van der Waals surface area (Å²) in [5, 5.41) is 6.78. The Morgan fingerprint density at radius 1 is 1.10 bits per heavy atom. The molecule has 0 aliphatic rings. The minimum absolute atomic E-state index is 0.129. The van der Waals surface area contributed by atoms with Crippen molar-refractivity contribution >= 4 is 39.9 Å². The topological polar surface area (TPSA) is 88.9 Å². The number of fused-ring (bicyclic) bond motifs is 1. The molecule has 0 unspecified atom stereocenters. The maximum Gasteiger partial charge on any atom is 0.258 e. The fourth-order valence-electron chi connectivity index (χ4n) is 3.44. The van der Waals surface area contributed by atoms with Gasteiger partial charge in [0.2, 0.25) is 0 Å². The van der Waals surface area contributed by atoms with Crippen LogP contribution in [0.2, 0.25) is 5.15 Å². The third-order valence-corrected chi connectivity index (χ3v) is 5.45. The first-order valence-electron chi connectivity index (χ1n) is 9.59. The normalized spacial score (nSPS) is 10.8. The summed E-state index contributed by atoms with van der Waals surface area (Å²) in [6, 6.07) is 12.3. The SMILES string of the molecule is CNc1cc2c(cn1)cc(-c1cc(NC(=O)c3cccnc3Cl)ccc1C)c(=O)n2C. The smallest absolute Gasteiger partial charge is 0.258 e. The Kier molecular flexibility index (Phi) is 5.44. The van der Waals surface area contributed by atoms with E-state index in [-0.39, 0.29) is 22.2 Å². The number of hydrogen-bond donors (Lipinski definition) is 2. The van der Waals surface area contributed by atoms with Crippen LogP contribution in [-0.4, -0.2) is 27.5 Å². The van der Waals surface area contributed by atoms with Crippen LogP contribution >= 0.6 is 11.6 Å². The number of amides is 1. The Morgan fingerprint density at radius 3 is 2.65 bits per heavy atom. The number of aryl methyl sites for hydroxylation is 2. The number of pyridine rings is 3. The van der Waals surface area contributed by atoms with Crippen LogP contribution in [0.15, 0.2) is 59.7 Å². The lowest BCUT2D eigenvalue weighted by Gasteiger charge is -2.13. The van der Waals surface area contributed by atoms with Crippen LogP contribution in [0.25, 0.3) is 22.0 Å². The number of rotatable bonds is 4. The van der Waals surface area contributed by atoms with Gasteiger partial charge < -0.3 is 15.2 Å². The summed E-state index contributed by atoms with van der Waals surface area (Å²) in [6.07, 6.45) is 3.25. The summed E-state index contributed by atoms with van der Waals surface area (Å²) in [5.41, 5.74) is 3.64. The summed E-state index contributed by atoms with van der Waals surface area (Å²) in [4.78, 5) is 34.0. The molecule has 4 aromatic rings. The average Bonchev–Trinajstić information content (AvgIpc) is 2.77. The van der Waals surface area contributed by atoms with Gasteiger partial charge in [0.25, 0.3) is 11.5 Å². The average molecular weight is 434 g/mol. The van der Waals surface area contributed by atoms with E-state index in [0.717, 1.165) is 22.0 Å². The first kappa shape index (κ1) is 20.6. The number of halogens is 1. The highest BCUT2D eigenvalue weighted by molar-refractivity contribution is 6.33. The summed E-state index contributed by atoms with van der Waals surface area (Å²) in [6.45, 7) is 1.92. The number of benzene rings is 1. The predicted molar refractivity (Wildman–Crippen MR) is 124 cm³/mol. The number of carbonyl (C=O) groups is 1. The molecule has 0 aliphatic heterocycles. The molecular weight excluding hydrogens is 414 g/mol. The molecule has 156 valence electrons. The van der Waals surface area contributed by atoms with Crippen LogP contribution in [0.3, 0.4) is 0 Å². The van der Waals surface area contributed by atoms with Crippen LogP contribution < -0.4 is 16.2 Å². The van der Waals surface area contributed by atoms with Crippen molar-refractivity contribution in [3.8, 4) is 11.1 Å². The van der Waals surface area contributed by atoms with E-state index in [9.17, 15) is 9.59 Å². The van der Waals surface area contributed by atoms with Crippen molar-refractivity contribution < 1.29 is 4.79 Å². The third kappa shape index (κ3) is 3.87. The highest BCUT2D eigenvalue weighted by Gasteiger charge is 2.15. The molecule has 8 heteroatoms. The van der Waals surface area contributed by atoms with Crippen LogP contribution in [0, 0.1) is 6.92 Å². The lowest BCUT2D eigenvalue weighted by molar-refractivity contribution is 0.102. The molecule has 0 atom stereocenters. The van der Waals surface area contributed by atoms with Gasteiger partial charge in [0.05, 0.1) is 11.1 Å². The largest absolute Gasteiger partial charge is 0.373 e. The van der Waals surface area contributed by atoms with Crippen LogP contribution in [0.4, 0.5) is 11.5 Å². The standard InChI is InChI=1S/C23H20ClN5O2/c1-13-6-7-15(28-22(30)16-5-4-8-26-21(16)24)10-17(13)18-9-14-12-27-20(25-2)11-19(14)29(3)23(18)31/h4-12H,1-3H3,(H,25,27)(H,28,30). The van der Waals surface area contributed by atoms with E-state index in [0.29, 0.717) is 17.1 Å². The van der Waals surface area contributed by atoms with E-state index < -0.39 is 0 Å². The molecule has 1 amide bonds. The lowest BCUT2D eigenvalue weighted by Crippen LogP contribution is -2.19. The fraction of sp³-hybridized carbons (Fsp3) is 0.130. The van der Waals surface area contributed by atoms with Crippen molar-refractivity contribution in [3.63, 3.8) is 0 Å². The van der Waals surface area contributed by atoms with Gasteiger partial charge in [-0.25, -0.2) is 9.97 Å². The molecule has 0 radical (unpaired) electrons. The highest BCUT2D eigenvalue weighted by atomic mass is 35.5. The Balaban J connectivity index is 1.78. The molecule has 0 saturated heterocycles. The van der Waals surface area contributed by atoms with Gasteiger partial charge in [-0.05, 0) is 48.4 Å². The van der Waals surface area contributed by atoms with E-state index in [4.69, 9.17) is 11.6 Å². The number of anilines is 2. The maximum atomic E-state index is 13.1. The molecular formula is C23H20ClN5O2. The lowest BCUT2D eigenvalue weighted by atomic mass is 9.99. The Labute approximate surface area is 183 Å². The first-order valence-corrected chi connectivity index (χ1v) is 9.97. The van der Waals surface area contributed by atoms with Crippen LogP contribution in [-0.2, 0) is 7.05 Å². The van der Waals surface area contributed by atoms with Gasteiger partial charge in [-0.3, -0.25) is 9.59 Å². The van der Waals surface area contributed by atoms with Crippen LogP contribution in [0.5, 0.6) is 0 Å². The van der Waals surface area contributed by atoms with Crippen LogP contribution in [0.1, 0.15) is 15.9 Å². The second-order valence-electron chi connectivity index (χ2n) is 7.13.